The smallest absolute Gasteiger partial charge is 0.232 e. The molecule has 2 aromatic carbocycles. The minimum Gasteiger partial charge on any atom is -0.493 e. The Morgan fingerprint density at radius 3 is 2.79 bits per heavy atom. The molecule has 28 heavy (non-hydrogen) atoms. The van der Waals surface area contributed by atoms with Gasteiger partial charge in [0.05, 0.1) is 29.8 Å². The van der Waals surface area contributed by atoms with E-state index >= 15 is 0 Å². The maximum absolute atomic E-state index is 12.1. The van der Waals surface area contributed by atoms with Crippen molar-refractivity contribution in [2.45, 2.75) is 26.3 Å². The highest BCUT2D eigenvalue weighted by Gasteiger charge is 2.32. The standard InChI is InChI=1S/C21H22N2O3S2/c1-4-26-20-8-6-5-7-17(20)21-22-18(13-27-21)15-9-10-19-16(12-15)11-14(2)23(19)28(3,24)25/h5-10,12-14H,4,11H2,1-3H3/t14-/m1/s1. The molecule has 146 valence electrons. The van der Waals surface area contributed by atoms with Crippen molar-refractivity contribution in [3.63, 3.8) is 0 Å². The molecule has 4 rings (SSSR count). The molecule has 1 atom stereocenters. The van der Waals surface area contributed by atoms with Crippen molar-refractivity contribution in [1.29, 1.82) is 0 Å². The fraction of sp³-hybridized carbons (Fsp3) is 0.286. The summed E-state index contributed by atoms with van der Waals surface area (Å²) in [6.45, 7) is 4.51. The Balaban J connectivity index is 1.69. The lowest BCUT2D eigenvalue weighted by Crippen LogP contribution is -2.34. The zero-order valence-corrected chi connectivity index (χ0v) is 17.7. The maximum atomic E-state index is 12.1. The lowest BCUT2D eigenvalue weighted by Gasteiger charge is -2.21. The topological polar surface area (TPSA) is 59.5 Å². The van der Waals surface area contributed by atoms with Gasteiger partial charge in [0.25, 0.3) is 0 Å². The van der Waals surface area contributed by atoms with E-state index in [9.17, 15) is 8.42 Å². The number of fused-ring (bicyclic) bond motifs is 1. The van der Waals surface area contributed by atoms with Crippen LogP contribution in [0.3, 0.4) is 0 Å². The molecule has 2 heterocycles. The number of anilines is 1. The molecule has 1 aliphatic heterocycles. The zero-order chi connectivity index (χ0) is 19.9. The molecular weight excluding hydrogens is 392 g/mol. The molecule has 0 saturated carbocycles. The van der Waals surface area contributed by atoms with Crippen LogP contribution in [-0.2, 0) is 16.4 Å². The Kier molecular flexibility index (Phi) is 4.89. The van der Waals surface area contributed by atoms with E-state index in [0.29, 0.717) is 13.0 Å². The van der Waals surface area contributed by atoms with Gasteiger partial charge in [0.2, 0.25) is 10.0 Å². The minimum atomic E-state index is -3.28. The molecule has 0 bridgehead atoms. The summed E-state index contributed by atoms with van der Waals surface area (Å²) >= 11 is 1.58. The van der Waals surface area contributed by atoms with Crippen LogP contribution in [-0.4, -0.2) is 32.3 Å². The van der Waals surface area contributed by atoms with E-state index < -0.39 is 10.0 Å². The van der Waals surface area contributed by atoms with Gasteiger partial charge in [-0.1, -0.05) is 18.2 Å². The number of ether oxygens (including phenoxy) is 1. The highest BCUT2D eigenvalue weighted by atomic mass is 32.2. The van der Waals surface area contributed by atoms with E-state index in [4.69, 9.17) is 9.72 Å². The average Bonchev–Trinajstić information content (AvgIpc) is 3.25. The van der Waals surface area contributed by atoms with Crippen molar-refractivity contribution in [2.75, 3.05) is 17.2 Å². The Morgan fingerprint density at radius 1 is 1.25 bits per heavy atom. The highest BCUT2D eigenvalue weighted by Crippen LogP contribution is 2.39. The van der Waals surface area contributed by atoms with Crippen LogP contribution >= 0.6 is 11.3 Å². The van der Waals surface area contributed by atoms with Crippen LogP contribution in [0.25, 0.3) is 21.8 Å². The quantitative estimate of drug-likeness (QED) is 0.613. The molecule has 0 spiro atoms. The monoisotopic (exact) mass is 414 g/mol. The number of hydrogen-bond acceptors (Lipinski definition) is 5. The van der Waals surface area contributed by atoms with Crippen LogP contribution in [0.2, 0.25) is 0 Å². The Bertz CT molecular complexity index is 1120. The van der Waals surface area contributed by atoms with Crippen molar-refractivity contribution >= 4 is 27.0 Å². The minimum absolute atomic E-state index is 0.0654. The van der Waals surface area contributed by atoms with Crippen LogP contribution in [0.1, 0.15) is 19.4 Å². The van der Waals surface area contributed by atoms with E-state index in [0.717, 1.165) is 38.8 Å². The van der Waals surface area contributed by atoms with Crippen LogP contribution in [0.5, 0.6) is 5.75 Å². The third kappa shape index (κ3) is 3.40. The summed E-state index contributed by atoms with van der Waals surface area (Å²) in [5, 5.41) is 2.94. The summed E-state index contributed by atoms with van der Waals surface area (Å²) in [5.74, 6) is 0.831. The Morgan fingerprint density at radius 2 is 2.04 bits per heavy atom. The number of hydrogen-bond donors (Lipinski definition) is 0. The van der Waals surface area contributed by atoms with E-state index in [2.05, 4.69) is 6.07 Å². The van der Waals surface area contributed by atoms with Crippen molar-refractivity contribution in [2.24, 2.45) is 0 Å². The second-order valence-corrected chi connectivity index (χ2v) is 9.64. The van der Waals surface area contributed by atoms with Crippen molar-refractivity contribution < 1.29 is 13.2 Å². The summed E-state index contributed by atoms with van der Waals surface area (Å²) in [5.41, 5.74) is 4.69. The number of para-hydroxylation sites is 1. The van der Waals surface area contributed by atoms with Gasteiger partial charge in [-0.15, -0.1) is 11.3 Å². The molecule has 0 amide bonds. The fourth-order valence-electron chi connectivity index (χ4n) is 3.72. The first kappa shape index (κ1) is 19.0. The second kappa shape index (κ2) is 7.22. The first-order valence-electron chi connectivity index (χ1n) is 9.19. The lowest BCUT2D eigenvalue weighted by molar-refractivity contribution is 0.341. The number of aromatic nitrogens is 1. The predicted octanol–water partition coefficient (Wildman–Crippen LogP) is 4.59. The molecule has 0 aliphatic carbocycles. The fourth-order valence-corrected chi connectivity index (χ4v) is 5.84. The van der Waals surface area contributed by atoms with Gasteiger partial charge < -0.3 is 4.74 Å². The molecule has 1 aliphatic rings. The van der Waals surface area contributed by atoms with Gasteiger partial charge in [-0.05, 0) is 50.1 Å². The van der Waals surface area contributed by atoms with Gasteiger partial charge in [-0.3, -0.25) is 4.31 Å². The van der Waals surface area contributed by atoms with Crippen molar-refractivity contribution in [1.82, 2.24) is 4.98 Å². The Hall–Kier alpha value is -2.38. The first-order valence-corrected chi connectivity index (χ1v) is 11.9. The van der Waals surface area contributed by atoms with E-state index in [1.165, 1.54) is 10.6 Å². The zero-order valence-electron chi connectivity index (χ0n) is 16.0. The maximum Gasteiger partial charge on any atom is 0.232 e. The van der Waals surface area contributed by atoms with Crippen LogP contribution in [0.15, 0.2) is 47.8 Å². The lowest BCUT2D eigenvalue weighted by atomic mass is 10.1. The predicted molar refractivity (Wildman–Crippen MR) is 115 cm³/mol. The van der Waals surface area contributed by atoms with Gasteiger partial charge in [-0.2, -0.15) is 0 Å². The highest BCUT2D eigenvalue weighted by molar-refractivity contribution is 7.92. The molecule has 3 aromatic rings. The average molecular weight is 415 g/mol. The van der Waals surface area contributed by atoms with Gasteiger partial charge >= 0.3 is 0 Å². The van der Waals surface area contributed by atoms with Gasteiger partial charge in [0.15, 0.2) is 0 Å². The number of thiazole rings is 1. The SMILES string of the molecule is CCOc1ccccc1-c1nc(-c2ccc3c(c2)C[C@@H](C)N3S(C)(=O)=O)cs1. The second-order valence-electron chi connectivity index (χ2n) is 6.92. The molecule has 0 unspecified atom stereocenters. The first-order chi connectivity index (χ1) is 13.4. The summed E-state index contributed by atoms with van der Waals surface area (Å²) in [7, 11) is -3.28. The van der Waals surface area contributed by atoms with Gasteiger partial charge in [-0.25, -0.2) is 13.4 Å². The summed E-state index contributed by atoms with van der Waals surface area (Å²) < 4.78 is 31.5. The number of benzene rings is 2. The van der Waals surface area contributed by atoms with Gasteiger partial charge in [0, 0.05) is 17.0 Å². The van der Waals surface area contributed by atoms with Crippen LogP contribution in [0.4, 0.5) is 5.69 Å². The number of rotatable bonds is 5. The molecular formula is C21H22N2O3S2. The summed E-state index contributed by atoms with van der Waals surface area (Å²) in [4.78, 5) is 4.81. The van der Waals surface area contributed by atoms with Crippen LogP contribution in [0, 0.1) is 0 Å². The molecule has 0 saturated heterocycles. The third-order valence-electron chi connectivity index (χ3n) is 4.81. The van der Waals surface area contributed by atoms with E-state index in [-0.39, 0.29) is 6.04 Å². The third-order valence-corrected chi connectivity index (χ3v) is 6.95. The van der Waals surface area contributed by atoms with Crippen molar-refractivity contribution in [3.05, 3.63) is 53.4 Å². The summed E-state index contributed by atoms with van der Waals surface area (Å²) in [6, 6.07) is 13.7. The van der Waals surface area contributed by atoms with E-state index in [1.807, 2.05) is 55.6 Å². The number of nitrogens with zero attached hydrogens (tertiary/aromatic N) is 2. The van der Waals surface area contributed by atoms with Gasteiger partial charge in [0.1, 0.15) is 10.8 Å². The normalized spacial score (nSPS) is 16.2. The number of sulfonamides is 1. The van der Waals surface area contributed by atoms with Crippen molar-refractivity contribution in [3.8, 4) is 27.6 Å². The summed E-state index contributed by atoms with van der Waals surface area (Å²) in [6.07, 6.45) is 1.97. The molecule has 0 radical (unpaired) electrons. The molecule has 0 fully saturated rings. The largest absolute Gasteiger partial charge is 0.493 e. The molecule has 1 aromatic heterocycles. The van der Waals surface area contributed by atoms with Crippen LogP contribution < -0.4 is 9.04 Å². The Labute approximate surface area is 169 Å². The molecule has 0 N–H and O–H groups in total. The molecule has 5 nitrogen and oxygen atoms in total. The molecule has 7 heteroatoms. The van der Waals surface area contributed by atoms with E-state index in [1.54, 1.807) is 11.3 Å².